The smallest absolute Gasteiger partial charge is 0.398 e. The molecule has 20 heavy (non-hydrogen) atoms. The first-order valence-electron chi connectivity index (χ1n) is 5.60. The molecule has 0 spiro atoms. The Bertz CT molecular complexity index is 610. The summed E-state index contributed by atoms with van der Waals surface area (Å²) < 4.78 is 38.1. The predicted octanol–water partition coefficient (Wildman–Crippen LogP) is 3.42. The molecule has 0 unspecified atom stereocenters. The summed E-state index contributed by atoms with van der Waals surface area (Å²) in [6.45, 7) is 5.82. The van der Waals surface area contributed by atoms with Crippen molar-refractivity contribution in [1.82, 2.24) is 0 Å². The van der Waals surface area contributed by atoms with Crippen LogP contribution in [0.25, 0.3) is 0 Å². The lowest BCUT2D eigenvalue weighted by molar-refractivity contribution is -0.388. The molecule has 1 rings (SSSR count). The summed E-state index contributed by atoms with van der Waals surface area (Å²) >= 11 is 0. The third-order valence-electron chi connectivity index (χ3n) is 2.24. The molecule has 0 saturated carbocycles. The van der Waals surface area contributed by atoms with E-state index in [4.69, 9.17) is 5.73 Å². The van der Waals surface area contributed by atoms with Crippen molar-refractivity contribution in [2.24, 2.45) is 0 Å². The number of nitrogens with two attached hydrogens (primary N) is 1. The molecule has 1 aromatic rings. The number of benzene rings is 1. The molecular weight excluding hydrogens is 289 g/mol. The van der Waals surface area contributed by atoms with E-state index < -0.39 is 30.4 Å². The first-order valence-corrected chi connectivity index (χ1v) is 9.10. The van der Waals surface area contributed by atoms with Gasteiger partial charge in [-0.2, -0.15) is 13.2 Å². The number of anilines is 1. The second-order valence-electron chi connectivity index (χ2n) is 5.21. The van der Waals surface area contributed by atoms with Gasteiger partial charge in [0.25, 0.3) is 5.69 Å². The molecule has 0 aliphatic heterocycles. The fourth-order valence-electron chi connectivity index (χ4n) is 1.35. The maximum atomic E-state index is 12.7. The van der Waals surface area contributed by atoms with Crippen LogP contribution in [0, 0.1) is 21.6 Å². The van der Waals surface area contributed by atoms with Crippen LogP contribution in [0.2, 0.25) is 19.6 Å². The van der Waals surface area contributed by atoms with Gasteiger partial charge in [0.15, 0.2) is 0 Å². The number of nitro benzene ring substituents is 1. The van der Waals surface area contributed by atoms with Crippen molar-refractivity contribution in [3.8, 4) is 11.5 Å². The lowest BCUT2D eigenvalue weighted by Crippen LogP contribution is -2.16. The van der Waals surface area contributed by atoms with E-state index in [2.05, 4.69) is 11.5 Å². The molecule has 0 amide bonds. The highest BCUT2D eigenvalue weighted by Gasteiger charge is 2.39. The second-order valence-corrected chi connectivity index (χ2v) is 9.96. The monoisotopic (exact) mass is 302 g/mol. The zero-order valence-corrected chi connectivity index (χ0v) is 12.1. The van der Waals surface area contributed by atoms with E-state index in [9.17, 15) is 23.3 Å². The quantitative estimate of drug-likeness (QED) is 0.284. The zero-order valence-electron chi connectivity index (χ0n) is 11.1. The van der Waals surface area contributed by atoms with Crippen LogP contribution >= 0.6 is 0 Å². The molecule has 0 aromatic heterocycles. The number of alkyl halides is 3. The van der Waals surface area contributed by atoms with Crippen LogP contribution in [0.3, 0.4) is 0 Å². The van der Waals surface area contributed by atoms with Crippen LogP contribution < -0.4 is 5.73 Å². The van der Waals surface area contributed by atoms with Gasteiger partial charge >= 0.3 is 6.18 Å². The average molecular weight is 302 g/mol. The normalized spacial score (nSPS) is 11.7. The molecule has 0 heterocycles. The number of rotatable bonds is 1. The number of nitro groups is 1. The molecule has 0 atom stereocenters. The molecule has 0 radical (unpaired) electrons. The number of hydrogen-bond donors (Lipinski definition) is 1. The Kier molecular flexibility index (Phi) is 4.14. The first kappa shape index (κ1) is 16.0. The molecular formula is C12H13F3N2O2Si. The van der Waals surface area contributed by atoms with Crippen molar-refractivity contribution in [3.63, 3.8) is 0 Å². The lowest BCUT2D eigenvalue weighted by Gasteiger charge is -2.10. The average Bonchev–Trinajstić information content (AvgIpc) is 2.24. The van der Waals surface area contributed by atoms with E-state index in [1.165, 1.54) is 0 Å². The minimum absolute atomic E-state index is 0.0483. The van der Waals surface area contributed by atoms with E-state index in [0.717, 1.165) is 6.07 Å². The third kappa shape index (κ3) is 3.99. The Morgan fingerprint density at radius 3 is 2.25 bits per heavy atom. The summed E-state index contributed by atoms with van der Waals surface area (Å²) in [7, 11) is -1.77. The van der Waals surface area contributed by atoms with Crippen LogP contribution in [0.15, 0.2) is 12.1 Å². The SMILES string of the molecule is C[Si](C)(C)C#Cc1cc([N+](=O)[O-])c(C(F)(F)F)cc1N. The van der Waals surface area contributed by atoms with Gasteiger partial charge in [-0.15, -0.1) is 5.54 Å². The Balaban J connectivity index is 3.49. The molecule has 4 nitrogen and oxygen atoms in total. The van der Waals surface area contributed by atoms with Gasteiger partial charge in [0, 0.05) is 11.8 Å². The van der Waals surface area contributed by atoms with Gasteiger partial charge in [0.1, 0.15) is 13.6 Å². The summed E-state index contributed by atoms with van der Waals surface area (Å²) in [5.74, 6) is 2.64. The van der Waals surface area contributed by atoms with Crippen molar-refractivity contribution in [3.05, 3.63) is 33.4 Å². The van der Waals surface area contributed by atoms with Crippen molar-refractivity contribution in [1.29, 1.82) is 0 Å². The van der Waals surface area contributed by atoms with Crippen LogP contribution in [-0.2, 0) is 6.18 Å². The summed E-state index contributed by atoms with van der Waals surface area (Å²) in [4.78, 5) is 9.68. The van der Waals surface area contributed by atoms with Gasteiger partial charge in [-0.1, -0.05) is 25.6 Å². The molecule has 0 aliphatic carbocycles. The maximum Gasteiger partial charge on any atom is 0.423 e. The van der Waals surface area contributed by atoms with E-state index in [-0.39, 0.29) is 11.3 Å². The number of nitrogens with zero attached hydrogens (tertiary/aromatic N) is 1. The third-order valence-corrected chi connectivity index (χ3v) is 3.12. The number of halogens is 3. The van der Waals surface area contributed by atoms with Crippen LogP contribution in [0.5, 0.6) is 0 Å². The largest absolute Gasteiger partial charge is 0.423 e. The summed E-state index contributed by atoms with van der Waals surface area (Å²) in [5.41, 5.74) is 5.85. The van der Waals surface area contributed by atoms with Gasteiger partial charge in [0.2, 0.25) is 0 Å². The Hall–Kier alpha value is -2.01. The van der Waals surface area contributed by atoms with Crippen molar-refractivity contribution < 1.29 is 18.1 Å². The lowest BCUT2D eigenvalue weighted by atomic mass is 10.1. The highest BCUT2D eigenvalue weighted by atomic mass is 28.3. The predicted molar refractivity (Wildman–Crippen MR) is 72.7 cm³/mol. The van der Waals surface area contributed by atoms with E-state index >= 15 is 0 Å². The summed E-state index contributed by atoms with van der Waals surface area (Å²) in [5, 5.41) is 10.8. The molecule has 0 saturated heterocycles. The van der Waals surface area contributed by atoms with E-state index in [1.54, 1.807) is 0 Å². The zero-order chi connectivity index (χ0) is 15.7. The topological polar surface area (TPSA) is 69.2 Å². The van der Waals surface area contributed by atoms with Gasteiger partial charge in [0.05, 0.1) is 10.5 Å². The van der Waals surface area contributed by atoms with Crippen LogP contribution in [0.1, 0.15) is 11.1 Å². The minimum atomic E-state index is -4.83. The van der Waals surface area contributed by atoms with E-state index in [1.807, 2.05) is 19.6 Å². The molecule has 108 valence electrons. The van der Waals surface area contributed by atoms with E-state index in [0.29, 0.717) is 6.07 Å². The molecule has 0 aliphatic rings. The summed E-state index contributed by atoms with van der Waals surface area (Å²) in [6, 6.07) is 1.34. The van der Waals surface area contributed by atoms with Crippen molar-refractivity contribution >= 4 is 19.4 Å². The maximum absolute atomic E-state index is 12.7. The molecule has 2 N–H and O–H groups in total. The van der Waals surface area contributed by atoms with Crippen molar-refractivity contribution in [2.75, 3.05) is 5.73 Å². The Morgan fingerprint density at radius 1 is 1.30 bits per heavy atom. The Labute approximate surface area is 114 Å². The van der Waals surface area contributed by atoms with Crippen LogP contribution in [-0.4, -0.2) is 13.0 Å². The first-order chi connectivity index (χ1) is 8.92. The fourth-order valence-corrected chi connectivity index (χ4v) is 1.86. The fraction of sp³-hybridized carbons (Fsp3) is 0.333. The molecule has 0 bridgehead atoms. The highest BCUT2D eigenvalue weighted by molar-refractivity contribution is 6.83. The second kappa shape index (κ2) is 5.17. The van der Waals surface area contributed by atoms with Gasteiger partial charge in [-0.3, -0.25) is 10.1 Å². The number of nitrogen functional groups attached to an aromatic ring is 1. The standard InChI is InChI=1S/C12H13F3N2O2Si/c1-20(2,3)5-4-8-6-11(17(18)19)9(7-10(8)16)12(13,14)15/h6-7H,16H2,1-3H3. The van der Waals surface area contributed by atoms with Gasteiger partial charge in [-0.25, -0.2) is 0 Å². The van der Waals surface area contributed by atoms with Gasteiger partial charge < -0.3 is 5.73 Å². The molecule has 8 heteroatoms. The molecule has 1 aromatic carbocycles. The summed E-state index contributed by atoms with van der Waals surface area (Å²) in [6.07, 6.45) is -4.83. The highest BCUT2D eigenvalue weighted by Crippen LogP contribution is 2.38. The minimum Gasteiger partial charge on any atom is -0.398 e. The number of hydrogen-bond acceptors (Lipinski definition) is 3. The molecule has 0 fully saturated rings. The van der Waals surface area contributed by atoms with Gasteiger partial charge in [-0.05, 0) is 6.07 Å². The van der Waals surface area contributed by atoms with Crippen molar-refractivity contribution in [2.45, 2.75) is 25.8 Å². The Morgan fingerprint density at radius 2 is 1.85 bits per heavy atom. The van der Waals surface area contributed by atoms with Crippen LogP contribution in [0.4, 0.5) is 24.5 Å².